The highest BCUT2D eigenvalue weighted by Crippen LogP contribution is 2.23. The summed E-state index contributed by atoms with van der Waals surface area (Å²) < 4.78 is 5.81. The van der Waals surface area contributed by atoms with Crippen LogP contribution in [0.25, 0.3) is 0 Å². The molecule has 1 aliphatic rings. The van der Waals surface area contributed by atoms with Crippen LogP contribution in [0.1, 0.15) is 38.2 Å². The molecule has 0 aromatic heterocycles. The second-order valence-corrected chi connectivity index (χ2v) is 8.39. The lowest BCUT2D eigenvalue weighted by Crippen LogP contribution is -2.50. The molecule has 0 aliphatic heterocycles. The van der Waals surface area contributed by atoms with Gasteiger partial charge in [-0.2, -0.15) is 0 Å². The van der Waals surface area contributed by atoms with Crippen molar-refractivity contribution in [1.82, 2.24) is 10.6 Å². The summed E-state index contributed by atoms with van der Waals surface area (Å²) >= 11 is 1.55. The van der Waals surface area contributed by atoms with Crippen LogP contribution >= 0.6 is 11.8 Å². The molecule has 2 aromatic carbocycles. The first-order valence-electron chi connectivity index (χ1n) is 10.1. The predicted molar refractivity (Wildman–Crippen MR) is 116 cm³/mol. The molecule has 0 spiro atoms. The zero-order valence-corrected chi connectivity index (χ0v) is 17.5. The van der Waals surface area contributed by atoms with Crippen molar-refractivity contribution in [3.63, 3.8) is 0 Å². The third-order valence-corrected chi connectivity index (χ3v) is 5.99. The van der Waals surface area contributed by atoms with Crippen LogP contribution in [-0.4, -0.2) is 29.7 Å². The van der Waals surface area contributed by atoms with Gasteiger partial charge in [0, 0.05) is 23.6 Å². The molecule has 0 heterocycles. The summed E-state index contributed by atoms with van der Waals surface area (Å²) in [5, 5.41) is 5.85. The fourth-order valence-corrected chi connectivity index (χ4v) is 4.28. The molecule has 1 fully saturated rings. The summed E-state index contributed by atoms with van der Waals surface area (Å²) in [4.78, 5) is 25.1. The number of ether oxygens (including phenoxy) is 1. The molecule has 0 radical (unpaired) electrons. The zero-order valence-electron chi connectivity index (χ0n) is 16.7. The maximum Gasteiger partial charge on any atom is 0.243 e. The highest BCUT2D eigenvalue weighted by Gasteiger charge is 2.24. The van der Waals surface area contributed by atoms with Crippen LogP contribution < -0.4 is 15.4 Å². The summed E-state index contributed by atoms with van der Waals surface area (Å²) in [6.07, 6.45) is 4.36. The summed E-state index contributed by atoms with van der Waals surface area (Å²) in [5.41, 5.74) is 1.12. The normalized spacial score (nSPS) is 14.9. The van der Waals surface area contributed by atoms with Crippen LogP contribution in [0, 0.1) is 0 Å². The van der Waals surface area contributed by atoms with E-state index in [1.807, 2.05) is 54.6 Å². The quantitative estimate of drug-likeness (QED) is 0.613. The number of nitrogens with one attached hydrogen (secondary N) is 2. The molecule has 1 atom stereocenters. The molecule has 29 heavy (non-hydrogen) atoms. The molecule has 0 saturated heterocycles. The van der Waals surface area contributed by atoms with Crippen molar-refractivity contribution in [2.24, 2.45) is 0 Å². The Morgan fingerprint density at radius 3 is 2.41 bits per heavy atom. The SMILES string of the molecule is CC(=O)NC(CSc1ccc(OCc2ccccc2)cc1)C(=O)NC1CCCC1. The topological polar surface area (TPSA) is 67.4 Å². The first-order valence-corrected chi connectivity index (χ1v) is 11.1. The van der Waals surface area contributed by atoms with Crippen molar-refractivity contribution >= 4 is 23.6 Å². The molecule has 5 nitrogen and oxygen atoms in total. The lowest BCUT2D eigenvalue weighted by Gasteiger charge is -2.20. The van der Waals surface area contributed by atoms with Gasteiger partial charge in [-0.25, -0.2) is 0 Å². The van der Waals surface area contributed by atoms with Gasteiger partial charge in [-0.3, -0.25) is 9.59 Å². The highest BCUT2D eigenvalue weighted by molar-refractivity contribution is 7.99. The van der Waals surface area contributed by atoms with Gasteiger partial charge in [-0.05, 0) is 42.7 Å². The van der Waals surface area contributed by atoms with E-state index >= 15 is 0 Å². The molecule has 3 rings (SSSR count). The number of carbonyl (C=O) groups is 2. The van der Waals surface area contributed by atoms with Crippen molar-refractivity contribution in [3.05, 3.63) is 60.2 Å². The monoisotopic (exact) mass is 412 g/mol. The molecule has 6 heteroatoms. The Labute approximate surface area is 176 Å². The van der Waals surface area contributed by atoms with Crippen LogP contribution in [0.15, 0.2) is 59.5 Å². The number of hydrogen-bond acceptors (Lipinski definition) is 4. The second-order valence-electron chi connectivity index (χ2n) is 7.30. The van der Waals surface area contributed by atoms with E-state index in [4.69, 9.17) is 4.74 Å². The van der Waals surface area contributed by atoms with Crippen molar-refractivity contribution in [1.29, 1.82) is 0 Å². The van der Waals surface area contributed by atoms with E-state index < -0.39 is 6.04 Å². The molecule has 2 amide bonds. The van der Waals surface area contributed by atoms with Crippen LogP contribution in [0.4, 0.5) is 0 Å². The van der Waals surface area contributed by atoms with Gasteiger partial charge in [0.15, 0.2) is 0 Å². The van der Waals surface area contributed by atoms with Crippen LogP contribution in [0.5, 0.6) is 5.75 Å². The lowest BCUT2D eigenvalue weighted by molar-refractivity contribution is -0.127. The van der Waals surface area contributed by atoms with E-state index in [0.29, 0.717) is 12.4 Å². The minimum absolute atomic E-state index is 0.0950. The van der Waals surface area contributed by atoms with Crippen LogP contribution in [0.2, 0.25) is 0 Å². The van der Waals surface area contributed by atoms with Crippen molar-refractivity contribution in [2.45, 2.75) is 56.2 Å². The molecule has 2 N–H and O–H groups in total. The van der Waals surface area contributed by atoms with Crippen molar-refractivity contribution in [2.75, 3.05) is 5.75 Å². The van der Waals surface area contributed by atoms with Gasteiger partial charge in [-0.15, -0.1) is 11.8 Å². The molecule has 1 unspecified atom stereocenters. The van der Waals surface area contributed by atoms with E-state index in [-0.39, 0.29) is 17.9 Å². The Balaban J connectivity index is 1.50. The van der Waals surface area contributed by atoms with Crippen molar-refractivity contribution in [3.8, 4) is 5.75 Å². The summed E-state index contributed by atoms with van der Waals surface area (Å²) in [7, 11) is 0. The van der Waals surface area contributed by atoms with E-state index in [9.17, 15) is 9.59 Å². The average molecular weight is 413 g/mol. The fraction of sp³-hybridized carbons (Fsp3) is 0.391. The number of hydrogen-bond donors (Lipinski definition) is 2. The zero-order chi connectivity index (χ0) is 20.5. The van der Waals surface area contributed by atoms with Gasteiger partial charge in [0.1, 0.15) is 18.4 Å². The highest BCUT2D eigenvalue weighted by atomic mass is 32.2. The third kappa shape index (κ3) is 7.13. The van der Waals surface area contributed by atoms with E-state index in [2.05, 4.69) is 10.6 Å². The first-order chi connectivity index (χ1) is 14.1. The first kappa shape index (κ1) is 21.2. The average Bonchev–Trinajstić information content (AvgIpc) is 3.24. The van der Waals surface area contributed by atoms with Gasteiger partial charge in [0.2, 0.25) is 11.8 Å². The van der Waals surface area contributed by atoms with E-state index in [1.165, 1.54) is 6.92 Å². The number of thioether (sulfide) groups is 1. The van der Waals surface area contributed by atoms with E-state index in [1.54, 1.807) is 11.8 Å². The van der Waals surface area contributed by atoms with Gasteiger partial charge >= 0.3 is 0 Å². The Morgan fingerprint density at radius 1 is 1.07 bits per heavy atom. The standard InChI is InChI=1S/C23H28N2O3S/c1-17(26)24-22(23(27)25-19-9-5-6-10-19)16-29-21-13-11-20(12-14-21)28-15-18-7-3-2-4-8-18/h2-4,7-8,11-14,19,22H,5-6,9-10,15-16H2,1H3,(H,24,26)(H,25,27). The number of rotatable bonds is 9. The van der Waals surface area contributed by atoms with Crippen LogP contribution in [-0.2, 0) is 16.2 Å². The molecular weight excluding hydrogens is 384 g/mol. The Morgan fingerprint density at radius 2 is 1.76 bits per heavy atom. The van der Waals surface area contributed by atoms with Crippen molar-refractivity contribution < 1.29 is 14.3 Å². The minimum atomic E-state index is -0.535. The molecule has 2 aromatic rings. The molecular formula is C23H28N2O3S. The van der Waals surface area contributed by atoms with Gasteiger partial charge < -0.3 is 15.4 Å². The molecule has 0 bridgehead atoms. The summed E-state index contributed by atoms with van der Waals surface area (Å²) in [5.74, 6) is 1.00. The second kappa shape index (κ2) is 10.9. The maximum atomic E-state index is 12.6. The fourth-order valence-electron chi connectivity index (χ4n) is 3.35. The van der Waals surface area contributed by atoms with Gasteiger partial charge in [0.05, 0.1) is 0 Å². The van der Waals surface area contributed by atoms with Crippen LogP contribution in [0.3, 0.4) is 0 Å². The maximum absolute atomic E-state index is 12.6. The predicted octanol–water partition coefficient (Wildman–Crippen LogP) is 3.92. The number of carbonyl (C=O) groups excluding carboxylic acids is 2. The third-order valence-electron chi connectivity index (χ3n) is 4.88. The molecule has 1 saturated carbocycles. The Bertz CT molecular complexity index is 790. The number of benzene rings is 2. The minimum Gasteiger partial charge on any atom is -0.489 e. The van der Waals surface area contributed by atoms with Gasteiger partial charge in [0.25, 0.3) is 0 Å². The smallest absolute Gasteiger partial charge is 0.243 e. The summed E-state index contributed by atoms with van der Waals surface area (Å²) in [6.45, 7) is 1.97. The number of amides is 2. The van der Waals surface area contributed by atoms with E-state index in [0.717, 1.165) is 41.9 Å². The molecule has 1 aliphatic carbocycles. The Hall–Kier alpha value is -2.47. The summed E-state index contributed by atoms with van der Waals surface area (Å²) in [6, 6.07) is 17.5. The Kier molecular flexibility index (Phi) is 7.99. The lowest BCUT2D eigenvalue weighted by atomic mass is 10.2. The largest absolute Gasteiger partial charge is 0.489 e. The molecule has 154 valence electrons. The van der Waals surface area contributed by atoms with Gasteiger partial charge in [-0.1, -0.05) is 43.2 Å².